The Labute approximate surface area is 296 Å². The molecule has 0 atom stereocenters. The van der Waals surface area contributed by atoms with E-state index >= 15 is 0 Å². The second-order valence-electron chi connectivity index (χ2n) is 13.2. The molecule has 0 bridgehead atoms. The largest absolute Gasteiger partial charge is 0.366 e. The number of nitrogens with zero attached hydrogens (tertiary/aromatic N) is 3. The lowest BCUT2D eigenvalue weighted by molar-refractivity contribution is 0.0991. The summed E-state index contributed by atoms with van der Waals surface area (Å²) in [6.45, 7) is 13.7. The Kier molecular flexibility index (Phi) is 12.8. The lowest BCUT2D eigenvalue weighted by atomic mass is 9.87. The number of hydrogen-bond acceptors (Lipinski definition) is 8. The van der Waals surface area contributed by atoms with Crippen molar-refractivity contribution in [1.29, 1.82) is 0 Å². The average Bonchev–Trinajstić information content (AvgIpc) is 3.10. The minimum Gasteiger partial charge on any atom is -0.366 e. The van der Waals surface area contributed by atoms with Crippen molar-refractivity contribution < 1.29 is 12.6 Å². The molecule has 0 fully saturated rings. The summed E-state index contributed by atoms with van der Waals surface area (Å²) in [6.07, 6.45) is 4.60. The Morgan fingerprint density at radius 2 is 1.04 bits per heavy atom. The fraction of sp³-hybridized carbons (Fsp3) is 0.237. The molecule has 0 saturated carbocycles. The number of primary amides is 2. The van der Waals surface area contributed by atoms with Crippen LogP contribution in [0.4, 0.5) is 23.0 Å². The van der Waals surface area contributed by atoms with Crippen LogP contribution in [0.5, 0.6) is 0 Å². The molecular formula is C38H47ClN8O2. The number of amides is 2. The van der Waals surface area contributed by atoms with Crippen LogP contribution in [0.15, 0.2) is 104 Å². The van der Waals surface area contributed by atoms with E-state index < -0.39 is 11.8 Å². The first kappa shape index (κ1) is 36.5. The number of anilines is 4. The van der Waals surface area contributed by atoms with Gasteiger partial charge in [0.2, 0.25) is 11.8 Å². The van der Waals surface area contributed by atoms with Crippen molar-refractivity contribution in [3.8, 4) is 0 Å². The van der Waals surface area contributed by atoms with Gasteiger partial charge in [-0.1, -0.05) is 83.5 Å². The van der Waals surface area contributed by atoms with E-state index in [0.29, 0.717) is 28.6 Å². The van der Waals surface area contributed by atoms with Gasteiger partial charge in [-0.25, -0.2) is 15.0 Å². The Morgan fingerprint density at radius 3 is 1.35 bits per heavy atom. The molecule has 2 aromatic carbocycles. The Hall–Kier alpha value is -5.32. The van der Waals surface area contributed by atoms with Crippen LogP contribution in [-0.2, 0) is 17.4 Å². The molecule has 0 saturated heterocycles. The van der Waals surface area contributed by atoms with Crippen molar-refractivity contribution in [3.63, 3.8) is 0 Å². The lowest BCUT2D eigenvalue weighted by Crippen LogP contribution is -2.11. The molecule has 0 spiro atoms. The van der Waals surface area contributed by atoms with Crippen molar-refractivity contribution in [2.45, 2.75) is 58.9 Å². The smallest absolute Gasteiger partial charge is 0.250 e. The maximum atomic E-state index is 11.0. The highest BCUT2D eigenvalue weighted by molar-refractivity contribution is 6.29. The van der Waals surface area contributed by atoms with Gasteiger partial charge in [-0.2, -0.15) is 0 Å². The molecule has 3 aromatic heterocycles. The van der Waals surface area contributed by atoms with Crippen LogP contribution in [0.1, 0.15) is 81.9 Å². The molecule has 5 rings (SSSR count). The van der Waals surface area contributed by atoms with E-state index in [9.17, 15) is 9.59 Å². The summed E-state index contributed by atoms with van der Waals surface area (Å²) in [5.74, 6) is 0.543. The molecule has 8 N–H and O–H groups in total. The topological polar surface area (TPSA) is 175 Å². The van der Waals surface area contributed by atoms with E-state index in [-0.39, 0.29) is 10.8 Å². The molecule has 11 heteroatoms. The van der Waals surface area contributed by atoms with Gasteiger partial charge in [0.1, 0.15) is 16.8 Å². The van der Waals surface area contributed by atoms with Gasteiger partial charge in [0.15, 0.2) is 0 Å². The number of aromatic nitrogens is 3. The first-order valence-corrected chi connectivity index (χ1v) is 16.0. The quantitative estimate of drug-likeness (QED) is 0.108. The van der Waals surface area contributed by atoms with Crippen LogP contribution in [0.3, 0.4) is 0 Å². The summed E-state index contributed by atoms with van der Waals surface area (Å²) in [4.78, 5) is 33.6. The third kappa shape index (κ3) is 12.7. The number of benzene rings is 2. The summed E-state index contributed by atoms with van der Waals surface area (Å²) in [5.41, 5.74) is 22.4. The summed E-state index contributed by atoms with van der Waals surface area (Å²) >= 11 is 5.45. The number of carbonyl (C=O) groups is 2. The standard InChI is InChI=1S/C16H19N3O.C16H21N3.C6H5ClN2O.H2/c1-16(2,3)12-5-7-13(8-6-12)19-14-9-4-11(10-18-14)15(17)20;1-16(2,3)13-5-7-14(8-6-13)19-15-9-4-12(10-17)11-18-15;7-5-2-1-4(3-9-5)6(8)10;/h4-10H,1-3H3,(H2,17,20)(H,18,19);4-9,11H,10,17H2,1-3H3,(H,18,19);1-3H,(H2,8,10);1H/i;;;1+1D. The van der Waals surface area contributed by atoms with E-state index in [1.807, 2.05) is 24.3 Å². The van der Waals surface area contributed by atoms with Gasteiger partial charge >= 0.3 is 0 Å². The number of halogens is 1. The summed E-state index contributed by atoms with van der Waals surface area (Å²) in [6, 6.07) is 27.1. The van der Waals surface area contributed by atoms with Crippen LogP contribution >= 0.6 is 11.6 Å². The van der Waals surface area contributed by atoms with Crippen LogP contribution in [0, 0.1) is 0 Å². The molecule has 0 aliphatic heterocycles. The van der Waals surface area contributed by atoms with E-state index in [1.165, 1.54) is 35.7 Å². The Bertz CT molecular complexity index is 1790. The maximum Gasteiger partial charge on any atom is 0.250 e. The second-order valence-corrected chi connectivity index (χ2v) is 13.6. The number of carbonyl (C=O) groups excluding carboxylic acids is 2. The van der Waals surface area contributed by atoms with E-state index in [1.54, 1.807) is 18.3 Å². The summed E-state index contributed by atoms with van der Waals surface area (Å²) < 4.78 is 10.0. The molecule has 0 unspecified atom stereocenters. The number of pyridine rings is 3. The fourth-order valence-corrected chi connectivity index (χ4v) is 4.27. The minimum absolute atomic E-state index is 0.139. The van der Waals surface area contributed by atoms with Crippen molar-refractivity contribution in [1.82, 2.24) is 15.0 Å². The van der Waals surface area contributed by atoms with Crippen LogP contribution in [0.2, 0.25) is 5.15 Å². The van der Waals surface area contributed by atoms with Gasteiger partial charge in [-0.3, -0.25) is 9.59 Å². The molecule has 5 aromatic rings. The van der Waals surface area contributed by atoms with Gasteiger partial charge in [0.25, 0.3) is 0 Å². The monoisotopic (exact) mass is 684 g/mol. The predicted molar refractivity (Wildman–Crippen MR) is 202 cm³/mol. The summed E-state index contributed by atoms with van der Waals surface area (Å²) in [7, 11) is 0. The molecule has 10 nitrogen and oxygen atoms in total. The highest BCUT2D eigenvalue weighted by Gasteiger charge is 2.14. The third-order valence-electron chi connectivity index (χ3n) is 7.17. The van der Waals surface area contributed by atoms with E-state index in [2.05, 4.69) is 104 Å². The number of nitrogens with two attached hydrogens (primary N) is 3. The molecule has 49 heavy (non-hydrogen) atoms. The molecular weight excluding hydrogens is 636 g/mol. The molecule has 258 valence electrons. The zero-order chi connectivity index (χ0) is 38.2. The van der Waals surface area contributed by atoms with Gasteiger partial charge < -0.3 is 27.8 Å². The molecule has 0 aliphatic rings. The highest BCUT2D eigenvalue weighted by Crippen LogP contribution is 2.25. The van der Waals surface area contributed by atoms with E-state index in [4.69, 9.17) is 31.8 Å². The van der Waals surface area contributed by atoms with Crippen molar-refractivity contribution >= 4 is 46.4 Å². The lowest BCUT2D eigenvalue weighted by Gasteiger charge is -2.19. The number of rotatable bonds is 7. The molecule has 2 amide bonds. The van der Waals surface area contributed by atoms with Gasteiger partial charge in [-0.05, 0) is 82.1 Å². The molecule has 0 aliphatic carbocycles. The van der Waals surface area contributed by atoms with Gasteiger partial charge in [-0.15, -0.1) is 0 Å². The van der Waals surface area contributed by atoms with Gasteiger partial charge in [0, 0.05) is 39.5 Å². The molecule has 0 radical (unpaired) electrons. The normalized spacial score (nSPS) is 11.0. The summed E-state index contributed by atoms with van der Waals surface area (Å²) in [5, 5.41) is 6.82. The van der Waals surface area contributed by atoms with Gasteiger partial charge in [0.05, 0.1) is 11.1 Å². The first-order valence-electron chi connectivity index (χ1n) is 16.6. The van der Waals surface area contributed by atoms with Crippen molar-refractivity contribution in [2.75, 3.05) is 10.6 Å². The highest BCUT2D eigenvalue weighted by atomic mass is 35.5. The second kappa shape index (κ2) is 17.2. The Morgan fingerprint density at radius 1 is 0.633 bits per heavy atom. The fourth-order valence-electron chi connectivity index (χ4n) is 4.16. The number of nitrogens with one attached hydrogen (secondary N) is 2. The van der Waals surface area contributed by atoms with Crippen molar-refractivity contribution in [3.05, 3.63) is 136 Å². The third-order valence-corrected chi connectivity index (χ3v) is 7.39. The molecule has 3 heterocycles. The Balaban J connectivity index is 0.000000272. The zero-order valence-corrected chi connectivity index (χ0v) is 29.5. The SMILES string of the molecule is CC(C)(C)c1ccc(Nc2ccc(C(N)=O)cn2)cc1.CC(C)(C)c1ccc(Nc2ccc(CN)cn2)cc1.NC(=O)c1ccc(Cl)nc1.[2H][2H]. The van der Waals surface area contributed by atoms with E-state index in [0.717, 1.165) is 22.8 Å². The number of hydrogen-bond donors (Lipinski definition) is 5. The predicted octanol–water partition coefficient (Wildman–Crippen LogP) is 7.88. The minimum atomic E-state index is -0.496. The van der Waals surface area contributed by atoms with Crippen molar-refractivity contribution in [2.24, 2.45) is 17.2 Å². The average molecular weight is 685 g/mol. The van der Waals surface area contributed by atoms with Crippen LogP contribution < -0.4 is 27.8 Å². The first-order chi connectivity index (χ1) is 24.0. The van der Waals surface area contributed by atoms with Crippen LogP contribution in [0.25, 0.3) is 0 Å². The van der Waals surface area contributed by atoms with Crippen LogP contribution in [-0.4, -0.2) is 26.8 Å². The zero-order valence-electron chi connectivity index (χ0n) is 30.8. The maximum absolute atomic E-state index is 11.0.